The maximum absolute atomic E-state index is 5.83. The summed E-state index contributed by atoms with van der Waals surface area (Å²) < 4.78 is 5.83. The number of nitrogens with zero attached hydrogens (tertiary/aromatic N) is 1. The molecule has 0 spiro atoms. The molecule has 0 aromatic rings. The van der Waals surface area contributed by atoms with Crippen LogP contribution in [0.4, 0.5) is 0 Å². The maximum Gasteiger partial charge on any atom is 0.0702 e. The summed E-state index contributed by atoms with van der Waals surface area (Å²) in [4.78, 5) is 2.63. The van der Waals surface area contributed by atoms with Crippen molar-refractivity contribution in [1.29, 1.82) is 0 Å². The molecule has 3 heteroatoms. The summed E-state index contributed by atoms with van der Waals surface area (Å²) in [7, 11) is 0. The Balaban J connectivity index is 2.46. The number of nitrogens with one attached hydrogen (secondary N) is 1. The van der Waals surface area contributed by atoms with Gasteiger partial charge in [-0.15, -0.1) is 0 Å². The molecule has 1 rings (SSSR count). The molecule has 3 nitrogen and oxygen atoms in total. The van der Waals surface area contributed by atoms with E-state index < -0.39 is 0 Å². The molecular formula is C17H36N2O. The summed E-state index contributed by atoms with van der Waals surface area (Å²) in [5.41, 5.74) is 0.401. The molecule has 0 amide bonds. The molecule has 1 saturated heterocycles. The average molecular weight is 284 g/mol. The van der Waals surface area contributed by atoms with E-state index in [9.17, 15) is 0 Å². The quantitative estimate of drug-likeness (QED) is 0.623. The van der Waals surface area contributed by atoms with Gasteiger partial charge in [0.25, 0.3) is 0 Å². The van der Waals surface area contributed by atoms with Crippen molar-refractivity contribution in [2.24, 2.45) is 5.41 Å². The zero-order valence-electron chi connectivity index (χ0n) is 14.2. The van der Waals surface area contributed by atoms with Crippen LogP contribution in [0.15, 0.2) is 0 Å². The first-order valence-corrected chi connectivity index (χ1v) is 8.68. The lowest BCUT2D eigenvalue weighted by molar-refractivity contribution is -0.00608. The molecule has 1 N–H and O–H groups in total. The molecule has 20 heavy (non-hydrogen) atoms. The number of piperidine rings is 1. The van der Waals surface area contributed by atoms with Crippen LogP contribution in [0.25, 0.3) is 0 Å². The normalized spacial score (nSPS) is 23.7. The predicted octanol–water partition coefficient (Wildman–Crippen LogP) is 3.29. The summed E-state index contributed by atoms with van der Waals surface area (Å²) >= 11 is 0. The first-order chi connectivity index (χ1) is 9.63. The van der Waals surface area contributed by atoms with Gasteiger partial charge < -0.3 is 15.0 Å². The number of likely N-dealkylation sites (tertiary alicyclic amines) is 1. The van der Waals surface area contributed by atoms with Crippen molar-refractivity contribution in [1.82, 2.24) is 10.2 Å². The molecule has 2 atom stereocenters. The fourth-order valence-electron chi connectivity index (χ4n) is 3.46. The van der Waals surface area contributed by atoms with Crippen molar-refractivity contribution in [3.8, 4) is 0 Å². The van der Waals surface area contributed by atoms with Crippen molar-refractivity contribution >= 4 is 0 Å². The lowest BCUT2D eigenvalue weighted by atomic mass is 9.84. The van der Waals surface area contributed by atoms with Crippen LogP contribution in [0.2, 0.25) is 0 Å². The molecule has 0 saturated carbocycles. The summed E-state index contributed by atoms with van der Waals surface area (Å²) in [6, 6.07) is 0. The van der Waals surface area contributed by atoms with E-state index in [0.717, 1.165) is 26.2 Å². The third-order valence-corrected chi connectivity index (χ3v) is 4.30. The van der Waals surface area contributed by atoms with Gasteiger partial charge in [0.1, 0.15) is 0 Å². The standard InChI is InChI=1S/C17H36N2O/c1-5-10-17(4,14-18-11-6-2)15-19-12-8-9-16(13-19)20-7-3/h16,18H,5-15H2,1-4H3. The van der Waals surface area contributed by atoms with Crippen molar-refractivity contribution < 1.29 is 4.74 Å². The van der Waals surface area contributed by atoms with Gasteiger partial charge in [0.2, 0.25) is 0 Å². The van der Waals surface area contributed by atoms with Crippen LogP contribution in [0.3, 0.4) is 0 Å². The Labute approximate surface area is 126 Å². The molecule has 0 aromatic carbocycles. The molecule has 1 aliphatic rings. The second-order valence-corrected chi connectivity index (χ2v) is 6.69. The monoisotopic (exact) mass is 284 g/mol. The van der Waals surface area contributed by atoms with Gasteiger partial charge in [-0.2, -0.15) is 0 Å². The van der Waals surface area contributed by atoms with Gasteiger partial charge in [0, 0.05) is 26.2 Å². The fourth-order valence-corrected chi connectivity index (χ4v) is 3.46. The Bertz CT molecular complexity index is 245. The van der Waals surface area contributed by atoms with E-state index in [1.807, 2.05) is 0 Å². The van der Waals surface area contributed by atoms with Gasteiger partial charge in [0.05, 0.1) is 6.10 Å². The van der Waals surface area contributed by atoms with E-state index in [2.05, 4.69) is 37.9 Å². The Morgan fingerprint density at radius 1 is 1.25 bits per heavy atom. The van der Waals surface area contributed by atoms with E-state index in [0.29, 0.717) is 11.5 Å². The largest absolute Gasteiger partial charge is 0.377 e. The second kappa shape index (κ2) is 9.75. The third kappa shape index (κ3) is 6.55. The molecule has 0 aromatic heterocycles. The van der Waals surface area contributed by atoms with Gasteiger partial charge in [-0.3, -0.25) is 0 Å². The lowest BCUT2D eigenvalue weighted by Crippen LogP contribution is -2.47. The van der Waals surface area contributed by atoms with Gasteiger partial charge in [-0.05, 0) is 51.1 Å². The van der Waals surface area contributed by atoms with Crippen LogP contribution in [0, 0.1) is 5.41 Å². The Morgan fingerprint density at radius 3 is 2.70 bits per heavy atom. The van der Waals surface area contributed by atoms with E-state index >= 15 is 0 Å². The predicted molar refractivity (Wildman–Crippen MR) is 87.3 cm³/mol. The van der Waals surface area contributed by atoms with Crippen LogP contribution in [-0.2, 0) is 4.74 Å². The minimum Gasteiger partial charge on any atom is -0.377 e. The highest BCUT2D eigenvalue weighted by atomic mass is 16.5. The molecule has 0 aliphatic carbocycles. The number of hydrogen-bond donors (Lipinski definition) is 1. The van der Waals surface area contributed by atoms with Crippen LogP contribution >= 0.6 is 0 Å². The summed E-state index contributed by atoms with van der Waals surface area (Å²) in [6.07, 6.45) is 6.78. The van der Waals surface area contributed by atoms with E-state index in [1.54, 1.807) is 0 Å². The second-order valence-electron chi connectivity index (χ2n) is 6.69. The first-order valence-electron chi connectivity index (χ1n) is 8.68. The minimum absolute atomic E-state index is 0.401. The van der Waals surface area contributed by atoms with E-state index in [-0.39, 0.29) is 0 Å². The van der Waals surface area contributed by atoms with Gasteiger partial charge in [-0.25, -0.2) is 0 Å². The first kappa shape index (κ1) is 17.9. The summed E-state index contributed by atoms with van der Waals surface area (Å²) in [5, 5.41) is 3.63. The Kier molecular flexibility index (Phi) is 8.74. The zero-order valence-corrected chi connectivity index (χ0v) is 14.2. The molecule has 1 heterocycles. The molecule has 120 valence electrons. The van der Waals surface area contributed by atoms with Gasteiger partial charge in [0.15, 0.2) is 0 Å². The zero-order chi connectivity index (χ0) is 14.8. The molecule has 1 aliphatic heterocycles. The van der Waals surface area contributed by atoms with Crippen LogP contribution < -0.4 is 5.32 Å². The number of ether oxygens (including phenoxy) is 1. The van der Waals surface area contributed by atoms with Crippen molar-refractivity contribution in [3.63, 3.8) is 0 Å². The third-order valence-electron chi connectivity index (χ3n) is 4.30. The molecule has 0 radical (unpaired) electrons. The van der Waals surface area contributed by atoms with Crippen molar-refractivity contribution in [2.45, 2.75) is 65.9 Å². The highest BCUT2D eigenvalue weighted by molar-refractivity contribution is 4.83. The van der Waals surface area contributed by atoms with E-state index in [1.165, 1.54) is 45.2 Å². The molecular weight excluding hydrogens is 248 g/mol. The highest BCUT2D eigenvalue weighted by Crippen LogP contribution is 2.26. The van der Waals surface area contributed by atoms with E-state index in [4.69, 9.17) is 4.74 Å². The maximum atomic E-state index is 5.83. The number of rotatable bonds is 10. The topological polar surface area (TPSA) is 24.5 Å². The number of hydrogen-bond acceptors (Lipinski definition) is 3. The Morgan fingerprint density at radius 2 is 2.05 bits per heavy atom. The molecule has 0 bridgehead atoms. The summed E-state index contributed by atoms with van der Waals surface area (Å²) in [5.74, 6) is 0. The SMILES string of the molecule is CCCNCC(C)(CCC)CN1CCCC(OCC)C1. The lowest BCUT2D eigenvalue weighted by Gasteiger charge is -2.39. The van der Waals surface area contributed by atoms with Gasteiger partial charge in [-0.1, -0.05) is 27.2 Å². The molecule has 1 fully saturated rings. The highest BCUT2D eigenvalue weighted by Gasteiger charge is 2.29. The minimum atomic E-state index is 0.401. The van der Waals surface area contributed by atoms with Crippen molar-refractivity contribution in [2.75, 3.05) is 39.3 Å². The van der Waals surface area contributed by atoms with Gasteiger partial charge >= 0.3 is 0 Å². The van der Waals surface area contributed by atoms with Crippen LogP contribution in [0.5, 0.6) is 0 Å². The van der Waals surface area contributed by atoms with Crippen LogP contribution in [0.1, 0.15) is 59.8 Å². The smallest absolute Gasteiger partial charge is 0.0702 e. The Hall–Kier alpha value is -0.120. The van der Waals surface area contributed by atoms with Crippen molar-refractivity contribution in [3.05, 3.63) is 0 Å². The average Bonchev–Trinajstić information content (AvgIpc) is 2.40. The molecule has 2 unspecified atom stereocenters. The van der Waals surface area contributed by atoms with Crippen LogP contribution in [-0.4, -0.2) is 50.3 Å². The summed E-state index contributed by atoms with van der Waals surface area (Å²) in [6.45, 7) is 15.8. The fraction of sp³-hybridized carbons (Fsp3) is 1.00.